The molecule has 2 aromatic rings. The largest absolute Gasteiger partial charge is 0.380 e. The summed E-state index contributed by atoms with van der Waals surface area (Å²) < 4.78 is 13.8. The lowest BCUT2D eigenvalue weighted by Gasteiger charge is -2.55. The zero-order valence-electron chi connectivity index (χ0n) is 19.5. The normalized spacial score (nSPS) is 30.2. The number of benzene rings is 1. The van der Waals surface area contributed by atoms with Gasteiger partial charge in [-0.3, -0.25) is 14.3 Å². The van der Waals surface area contributed by atoms with Crippen molar-refractivity contribution < 1.29 is 14.4 Å². The lowest BCUT2D eigenvalue weighted by atomic mass is 9.74. The summed E-state index contributed by atoms with van der Waals surface area (Å²) in [6.45, 7) is 2.34. The molecular formula is C25H36N3O4P. The van der Waals surface area contributed by atoms with Crippen LogP contribution in [0, 0.1) is 5.92 Å². The molecule has 1 aliphatic carbocycles. The Labute approximate surface area is 195 Å². The van der Waals surface area contributed by atoms with Crippen LogP contribution in [-0.2, 0) is 4.57 Å². The Morgan fingerprint density at radius 3 is 2.33 bits per heavy atom. The van der Waals surface area contributed by atoms with Crippen LogP contribution in [0.4, 0.5) is 0 Å². The van der Waals surface area contributed by atoms with Gasteiger partial charge in [-0.1, -0.05) is 51.2 Å². The van der Waals surface area contributed by atoms with Gasteiger partial charge in [0.25, 0.3) is 5.56 Å². The van der Waals surface area contributed by atoms with E-state index in [4.69, 9.17) is 0 Å². The molecule has 3 aliphatic rings. The first-order valence-corrected chi connectivity index (χ1v) is 14.3. The minimum Gasteiger partial charge on any atom is -0.320 e. The van der Waals surface area contributed by atoms with Crippen molar-refractivity contribution >= 4 is 24.1 Å². The number of nitrogens with zero attached hydrogens (tertiary/aromatic N) is 3. The summed E-state index contributed by atoms with van der Waals surface area (Å²) in [5.74, 6) is 0.555. The first-order valence-electron chi connectivity index (χ1n) is 12.7. The minimum absolute atomic E-state index is 0.0711. The Morgan fingerprint density at radius 1 is 0.909 bits per heavy atom. The van der Waals surface area contributed by atoms with E-state index >= 15 is 0 Å². The third kappa shape index (κ3) is 4.45. The zero-order chi connectivity index (χ0) is 23.2. The molecule has 2 aliphatic heterocycles. The lowest BCUT2D eigenvalue weighted by molar-refractivity contribution is -0.0498. The monoisotopic (exact) mass is 473 g/mol. The summed E-state index contributed by atoms with van der Waals surface area (Å²) in [6, 6.07) is 8.63. The van der Waals surface area contributed by atoms with Gasteiger partial charge >= 0.3 is 7.60 Å². The zero-order valence-corrected chi connectivity index (χ0v) is 20.4. The van der Waals surface area contributed by atoms with E-state index in [0.717, 1.165) is 19.3 Å². The highest BCUT2D eigenvalue weighted by Crippen LogP contribution is 2.45. The van der Waals surface area contributed by atoms with Crippen molar-refractivity contribution in [3.05, 3.63) is 34.6 Å². The van der Waals surface area contributed by atoms with E-state index in [1.54, 1.807) is 16.7 Å². The molecule has 1 saturated carbocycles. The smallest absolute Gasteiger partial charge is 0.320 e. The molecule has 2 unspecified atom stereocenters. The van der Waals surface area contributed by atoms with Crippen LogP contribution >= 0.6 is 7.60 Å². The van der Waals surface area contributed by atoms with Crippen molar-refractivity contribution in [3.63, 3.8) is 0 Å². The van der Waals surface area contributed by atoms with Crippen molar-refractivity contribution in [1.82, 2.24) is 14.5 Å². The maximum absolute atomic E-state index is 13.4. The highest BCUT2D eigenvalue weighted by Gasteiger charge is 2.45. The molecule has 2 N–H and O–H groups in total. The van der Waals surface area contributed by atoms with Crippen molar-refractivity contribution in [1.29, 1.82) is 0 Å². The molecule has 180 valence electrons. The lowest BCUT2D eigenvalue weighted by Crippen LogP contribution is -2.60. The van der Waals surface area contributed by atoms with E-state index in [-0.39, 0.29) is 6.04 Å². The molecule has 5 rings (SSSR count). The van der Waals surface area contributed by atoms with E-state index in [2.05, 4.69) is 16.8 Å². The first kappa shape index (κ1) is 23.2. The Bertz CT molecular complexity index is 1100. The van der Waals surface area contributed by atoms with E-state index in [1.807, 2.05) is 12.1 Å². The fourth-order valence-electron chi connectivity index (χ4n) is 6.85. The van der Waals surface area contributed by atoms with Gasteiger partial charge in [0.05, 0.1) is 11.0 Å². The summed E-state index contributed by atoms with van der Waals surface area (Å²) in [6.07, 6.45) is 13.2. The molecule has 33 heavy (non-hydrogen) atoms. The van der Waals surface area contributed by atoms with Crippen LogP contribution in [0.2, 0.25) is 0 Å². The van der Waals surface area contributed by atoms with E-state index in [0.29, 0.717) is 35.1 Å². The molecule has 4 atom stereocenters. The van der Waals surface area contributed by atoms with Crippen LogP contribution in [0.25, 0.3) is 11.0 Å². The molecule has 0 spiro atoms. The van der Waals surface area contributed by atoms with Gasteiger partial charge in [-0.05, 0) is 56.6 Å². The molecule has 3 fully saturated rings. The SMILES string of the molecule is CC1CC[C@@H]2C[C@H](n3c(=O)c(P(=O)(O)O)nc4ccccc43)CC1N2C1CCCCCCC1. The summed E-state index contributed by atoms with van der Waals surface area (Å²) >= 11 is 0. The van der Waals surface area contributed by atoms with E-state index in [1.165, 1.54) is 51.4 Å². The molecule has 3 heterocycles. The molecule has 7 nitrogen and oxygen atoms in total. The molecule has 2 bridgehead atoms. The van der Waals surface area contributed by atoms with Gasteiger partial charge < -0.3 is 14.4 Å². The third-order valence-corrected chi connectivity index (χ3v) is 9.23. The Hall–Kier alpha value is -1.53. The van der Waals surface area contributed by atoms with Crippen molar-refractivity contribution in [2.24, 2.45) is 5.92 Å². The molecule has 1 aromatic heterocycles. The average Bonchev–Trinajstić information content (AvgIpc) is 2.75. The molecular weight excluding hydrogens is 437 g/mol. The van der Waals surface area contributed by atoms with Crippen LogP contribution in [0.15, 0.2) is 29.1 Å². The second kappa shape index (κ2) is 9.26. The van der Waals surface area contributed by atoms with Crippen LogP contribution in [0.5, 0.6) is 0 Å². The highest BCUT2D eigenvalue weighted by atomic mass is 31.2. The van der Waals surface area contributed by atoms with Gasteiger partial charge in [-0.15, -0.1) is 0 Å². The number of piperidine rings is 2. The van der Waals surface area contributed by atoms with Gasteiger partial charge in [0.1, 0.15) is 0 Å². The van der Waals surface area contributed by atoms with E-state index in [9.17, 15) is 19.1 Å². The van der Waals surface area contributed by atoms with Gasteiger partial charge in [-0.25, -0.2) is 4.98 Å². The standard InChI is InChI=1S/C25H36N3O4P/c1-17-13-14-19-15-20(16-23(17)27(19)18-9-5-3-2-4-6-10-18)28-22-12-8-7-11-21(22)26-24(25(28)29)33(30,31)32/h7-8,11-12,17-20,23H,2-6,9-10,13-16H2,1H3,(H2,30,31,32)/t17?,19-,20+,23?/m1/s1. The van der Waals surface area contributed by atoms with E-state index < -0.39 is 18.6 Å². The Balaban J connectivity index is 1.54. The van der Waals surface area contributed by atoms with Crippen molar-refractivity contribution in [2.45, 2.75) is 102 Å². The summed E-state index contributed by atoms with van der Waals surface area (Å²) in [5, 5.41) is 0. The average molecular weight is 474 g/mol. The van der Waals surface area contributed by atoms with Gasteiger partial charge in [-0.2, -0.15) is 0 Å². The topological polar surface area (TPSA) is 95.7 Å². The minimum atomic E-state index is -4.77. The van der Waals surface area contributed by atoms with Crippen molar-refractivity contribution in [2.75, 3.05) is 0 Å². The third-order valence-electron chi connectivity index (χ3n) is 8.39. The van der Waals surface area contributed by atoms with Crippen LogP contribution in [0.1, 0.15) is 83.6 Å². The molecule has 0 radical (unpaired) electrons. The molecule has 1 aromatic carbocycles. The number of rotatable bonds is 3. The van der Waals surface area contributed by atoms with Crippen LogP contribution in [0.3, 0.4) is 0 Å². The fraction of sp³-hybridized carbons (Fsp3) is 0.680. The molecule has 8 heteroatoms. The summed E-state index contributed by atoms with van der Waals surface area (Å²) in [7, 11) is -4.77. The first-order chi connectivity index (χ1) is 15.8. The van der Waals surface area contributed by atoms with Crippen LogP contribution < -0.4 is 11.0 Å². The number of para-hydroxylation sites is 2. The number of hydrogen-bond acceptors (Lipinski definition) is 4. The predicted molar refractivity (Wildman–Crippen MR) is 130 cm³/mol. The molecule has 2 saturated heterocycles. The van der Waals surface area contributed by atoms with Gasteiger partial charge in [0, 0.05) is 24.2 Å². The molecule has 0 amide bonds. The number of aromatic nitrogens is 2. The Morgan fingerprint density at radius 2 is 1.61 bits per heavy atom. The number of hydrogen-bond donors (Lipinski definition) is 2. The Kier molecular flexibility index (Phi) is 6.51. The second-order valence-electron chi connectivity index (χ2n) is 10.5. The van der Waals surface area contributed by atoms with Crippen LogP contribution in [-0.4, -0.2) is 42.4 Å². The predicted octanol–water partition coefficient (Wildman–Crippen LogP) is 4.12. The highest BCUT2D eigenvalue weighted by molar-refractivity contribution is 7.59. The van der Waals surface area contributed by atoms with Crippen molar-refractivity contribution in [3.8, 4) is 0 Å². The quantitative estimate of drug-likeness (QED) is 0.652. The van der Waals surface area contributed by atoms with Gasteiger partial charge in [0.2, 0.25) is 5.44 Å². The second-order valence-corrected chi connectivity index (χ2v) is 12.0. The number of fused-ring (bicyclic) bond motifs is 3. The maximum atomic E-state index is 13.4. The maximum Gasteiger partial charge on any atom is 0.380 e. The fourth-order valence-corrected chi connectivity index (χ4v) is 7.45. The summed E-state index contributed by atoms with van der Waals surface area (Å²) in [5.41, 5.74) is -0.107. The van der Waals surface area contributed by atoms with Gasteiger partial charge in [0.15, 0.2) is 0 Å². The summed E-state index contributed by atoms with van der Waals surface area (Å²) in [4.78, 5) is 40.0.